The summed E-state index contributed by atoms with van der Waals surface area (Å²) in [5.74, 6) is 0.678. The Morgan fingerprint density at radius 3 is 2.75 bits per heavy atom. The van der Waals surface area contributed by atoms with Crippen molar-refractivity contribution in [1.82, 2.24) is 14.1 Å². The highest BCUT2D eigenvalue weighted by Gasteiger charge is 2.69. The molecule has 24 heavy (non-hydrogen) atoms. The molecule has 3 fully saturated rings. The highest BCUT2D eigenvalue weighted by Crippen LogP contribution is 2.70. The molecule has 4 aliphatic rings. The molecule has 0 aromatic carbocycles. The van der Waals surface area contributed by atoms with E-state index in [-0.39, 0.29) is 16.9 Å². The number of sulfonamides is 1. The standard InChI is InChI=1S/C18H27N3O2S/c1-17(2)12-7-8-18(17)9-10-21(15(18)11-12)24(22,23)16-13-5-4-6-14(13)19-20(16)3/h12,15H,4-11H2,1-3H3. The van der Waals surface area contributed by atoms with Gasteiger partial charge in [-0.15, -0.1) is 0 Å². The summed E-state index contributed by atoms with van der Waals surface area (Å²) in [6, 6.07) is 0.197. The Bertz CT molecular complexity index is 826. The Kier molecular flexibility index (Phi) is 2.85. The Morgan fingerprint density at radius 1 is 1.21 bits per heavy atom. The second kappa shape index (κ2) is 4.44. The number of hydrogen-bond acceptors (Lipinski definition) is 3. The molecule has 1 aromatic heterocycles. The van der Waals surface area contributed by atoms with Crippen molar-refractivity contribution in [3.05, 3.63) is 11.3 Å². The highest BCUT2D eigenvalue weighted by atomic mass is 32.2. The molecule has 5 rings (SSSR count). The number of aryl methyl sites for hydroxylation is 2. The van der Waals surface area contributed by atoms with Crippen LogP contribution in [0.25, 0.3) is 0 Å². The minimum atomic E-state index is -3.45. The van der Waals surface area contributed by atoms with Crippen molar-refractivity contribution in [3.63, 3.8) is 0 Å². The zero-order valence-corrected chi connectivity index (χ0v) is 15.7. The highest BCUT2D eigenvalue weighted by molar-refractivity contribution is 7.89. The van der Waals surface area contributed by atoms with Gasteiger partial charge < -0.3 is 0 Å². The molecule has 2 bridgehead atoms. The minimum absolute atomic E-state index is 0.197. The smallest absolute Gasteiger partial charge is 0.256 e. The van der Waals surface area contributed by atoms with Crippen LogP contribution < -0.4 is 0 Å². The summed E-state index contributed by atoms with van der Waals surface area (Å²) < 4.78 is 30.6. The Hall–Kier alpha value is -0.880. The van der Waals surface area contributed by atoms with Gasteiger partial charge >= 0.3 is 0 Å². The molecule has 1 aromatic rings. The van der Waals surface area contributed by atoms with Gasteiger partial charge in [0.2, 0.25) is 0 Å². The molecule has 2 saturated carbocycles. The normalized spacial score (nSPS) is 37.1. The first-order chi connectivity index (χ1) is 11.3. The summed E-state index contributed by atoms with van der Waals surface area (Å²) >= 11 is 0. The van der Waals surface area contributed by atoms with Gasteiger partial charge in [0, 0.05) is 25.2 Å². The van der Waals surface area contributed by atoms with E-state index in [4.69, 9.17) is 0 Å². The molecule has 1 spiro atoms. The lowest BCUT2D eigenvalue weighted by Crippen LogP contribution is -2.43. The van der Waals surface area contributed by atoms with Crippen LogP contribution in [0.4, 0.5) is 0 Å². The van der Waals surface area contributed by atoms with Crippen molar-refractivity contribution >= 4 is 10.0 Å². The zero-order valence-electron chi connectivity index (χ0n) is 14.9. The third-order valence-corrected chi connectivity index (χ3v) is 10.1. The maximum atomic E-state index is 13.6. The topological polar surface area (TPSA) is 55.2 Å². The minimum Gasteiger partial charge on any atom is -0.256 e. The Labute approximate surface area is 144 Å². The maximum absolute atomic E-state index is 13.6. The zero-order chi connectivity index (χ0) is 16.9. The van der Waals surface area contributed by atoms with Crippen molar-refractivity contribution < 1.29 is 8.42 Å². The lowest BCUT2D eigenvalue weighted by atomic mass is 9.67. The van der Waals surface area contributed by atoms with Gasteiger partial charge in [-0.1, -0.05) is 13.8 Å². The van der Waals surface area contributed by atoms with E-state index in [1.54, 1.807) is 11.7 Å². The quantitative estimate of drug-likeness (QED) is 0.824. The summed E-state index contributed by atoms with van der Waals surface area (Å²) in [7, 11) is -1.66. The molecule has 3 unspecified atom stereocenters. The van der Waals surface area contributed by atoms with E-state index in [1.807, 2.05) is 4.31 Å². The first kappa shape index (κ1) is 15.4. The van der Waals surface area contributed by atoms with Crippen LogP contribution >= 0.6 is 0 Å². The molecular formula is C18H27N3O2S. The molecule has 2 heterocycles. The van der Waals surface area contributed by atoms with Crippen LogP contribution in [-0.4, -0.2) is 35.1 Å². The molecule has 3 atom stereocenters. The summed E-state index contributed by atoms with van der Waals surface area (Å²) in [6.45, 7) is 5.44. The third-order valence-electron chi connectivity index (χ3n) is 8.08. The summed E-state index contributed by atoms with van der Waals surface area (Å²) in [5, 5.41) is 4.98. The fraction of sp³-hybridized carbons (Fsp3) is 0.833. The van der Waals surface area contributed by atoms with Gasteiger partial charge in [-0.25, -0.2) is 8.42 Å². The van der Waals surface area contributed by atoms with E-state index in [9.17, 15) is 8.42 Å². The van der Waals surface area contributed by atoms with E-state index in [0.29, 0.717) is 17.5 Å². The molecule has 5 nitrogen and oxygen atoms in total. The SMILES string of the molecule is Cn1nc2c(c1S(=O)(=O)N1CCC34CCC(CC13)C4(C)C)CCC2. The van der Waals surface area contributed by atoms with Crippen LogP contribution in [0, 0.1) is 16.7 Å². The molecule has 0 N–H and O–H groups in total. The van der Waals surface area contributed by atoms with Gasteiger partial charge in [-0.05, 0) is 61.7 Å². The largest absolute Gasteiger partial charge is 0.260 e. The summed E-state index contributed by atoms with van der Waals surface area (Å²) in [6.07, 6.45) is 7.36. The Balaban J connectivity index is 1.59. The van der Waals surface area contributed by atoms with E-state index in [2.05, 4.69) is 18.9 Å². The van der Waals surface area contributed by atoms with Crippen molar-refractivity contribution in [3.8, 4) is 0 Å². The van der Waals surface area contributed by atoms with Crippen LogP contribution in [-0.2, 0) is 29.9 Å². The van der Waals surface area contributed by atoms with E-state index in [1.165, 1.54) is 12.8 Å². The monoisotopic (exact) mass is 349 g/mol. The predicted octanol–water partition coefficient (Wildman–Crippen LogP) is 2.50. The van der Waals surface area contributed by atoms with Crippen LogP contribution in [0.15, 0.2) is 5.03 Å². The van der Waals surface area contributed by atoms with Gasteiger partial charge in [0.1, 0.15) is 0 Å². The second-order valence-electron chi connectivity index (χ2n) is 8.94. The fourth-order valence-electron chi connectivity index (χ4n) is 6.71. The third kappa shape index (κ3) is 1.56. The predicted molar refractivity (Wildman–Crippen MR) is 91.1 cm³/mol. The molecule has 0 radical (unpaired) electrons. The Morgan fingerprint density at radius 2 is 2.00 bits per heavy atom. The van der Waals surface area contributed by atoms with Crippen LogP contribution in [0.3, 0.4) is 0 Å². The molecule has 6 heteroatoms. The summed E-state index contributed by atoms with van der Waals surface area (Å²) in [5.41, 5.74) is 2.46. The van der Waals surface area contributed by atoms with Gasteiger partial charge in [-0.3, -0.25) is 4.68 Å². The lowest BCUT2D eigenvalue weighted by molar-refractivity contribution is 0.118. The van der Waals surface area contributed by atoms with Crippen molar-refractivity contribution in [2.24, 2.45) is 23.8 Å². The molecule has 3 aliphatic carbocycles. The molecule has 132 valence electrons. The van der Waals surface area contributed by atoms with E-state index >= 15 is 0 Å². The fourth-order valence-corrected chi connectivity index (χ4v) is 8.79. The van der Waals surface area contributed by atoms with Gasteiger partial charge in [0.15, 0.2) is 5.03 Å². The van der Waals surface area contributed by atoms with E-state index in [0.717, 1.165) is 43.4 Å². The molecule has 1 saturated heterocycles. The average molecular weight is 350 g/mol. The molecular weight excluding hydrogens is 322 g/mol. The second-order valence-corrected chi connectivity index (χ2v) is 10.7. The maximum Gasteiger partial charge on any atom is 0.260 e. The first-order valence-electron chi connectivity index (χ1n) is 9.36. The lowest BCUT2D eigenvalue weighted by Gasteiger charge is -2.38. The van der Waals surface area contributed by atoms with Crippen LogP contribution in [0.2, 0.25) is 0 Å². The first-order valence-corrected chi connectivity index (χ1v) is 10.8. The number of rotatable bonds is 2. The number of aromatic nitrogens is 2. The number of nitrogens with zero attached hydrogens (tertiary/aromatic N) is 3. The number of fused-ring (bicyclic) bond motifs is 2. The summed E-state index contributed by atoms with van der Waals surface area (Å²) in [4.78, 5) is 0. The van der Waals surface area contributed by atoms with Crippen molar-refractivity contribution in [1.29, 1.82) is 0 Å². The van der Waals surface area contributed by atoms with Crippen molar-refractivity contribution in [2.45, 2.75) is 69.9 Å². The van der Waals surface area contributed by atoms with Gasteiger partial charge in [0.25, 0.3) is 10.0 Å². The van der Waals surface area contributed by atoms with Gasteiger partial charge in [0.05, 0.1) is 5.69 Å². The number of hydrogen-bond donors (Lipinski definition) is 0. The van der Waals surface area contributed by atoms with Crippen molar-refractivity contribution in [2.75, 3.05) is 6.54 Å². The van der Waals surface area contributed by atoms with Crippen LogP contribution in [0.1, 0.15) is 57.2 Å². The average Bonchev–Trinajstić information content (AvgIpc) is 3.23. The van der Waals surface area contributed by atoms with Crippen LogP contribution in [0.5, 0.6) is 0 Å². The molecule has 0 amide bonds. The van der Waals surface area contributed by atoms with Gasteiger partial charge in [-0.2, -0.15) is 9.40 Å². The van der Waals surface area contributed by atoms with E-state index < -0.39 is 10.0 Å². The molecule has 1 aliphatic heterocycles.